The molecule has 1 atom stereocenters. The average Bonchev–Trinajstić information content (AvgIpc) is 3.08. The van der Waals surface area contributed by atoms with Crippen LogP contribution in [-0.4, -0.2) is 17.6 Å². The predicted octanol–water partition coefficient (Wildman–Crippen LogP) is 3.92. The lowest BCUT2D eigenvalue weighted by atomic mass is 9.71. The molecule has 2 aliphatic heterocycles. The Labute approximate surface area is 182 Å². The van der Waals surface area contributed by atoms with E-state index in [9.17, 15) is 14.4 Å². The summed E-state index contributed by atoms with van der Waals surface area (Å²) in [6.07, 6.45) is 0.936. The van der Waals surface area contributed by atoms with Gasteiger partial charge in [-0.1, -0.05) is 32.0 Å². The third-order valence-corrected chi connectivity index (χ3v) is 6.70. The molecule has 0 saturated heterocycles. The Morgan fingerprint density at radius 3 is 2.38 bits per heavy atom. The molecule has 1 spiro atoms. The molecule has 2 aromatic rings. The summed E-state index contributed by atoms with van der Waals surface area (Å²) in [5, 5.41) is 2.90. The van der Waals surface area contributed by atoms with Crippen LogP contribution in [0.25, 0.3) is 0 Å². The first kappa shape index (κ1) is 18.5. The number of nitrogens with one attached hydrogen (secondary N) is 1. The second-order valence-electron chi connectivity index (χ2n) is 8.63. The van der Waals surface area contributed by atoms with Gasteiger partial charge in [0.15, 0.2) is 11.3 Å². The van der Waals surface area contributed by atoms with E-state index in [0.29, 0.717) is 40.9 Å². The van der Waals surface area contributed by atoms with Crippen LogP contribution in [0.1, 0.15) is 42.6 Å². The zero-order valence-corrected chi connectivity index (χ0v) is 18.2. The van der Waals surface area contributed by atoms with Crippen molar-refractivity contribution in [1.82, 2.24) is 5.32 Å². The largest absolute Gasteiger partial charge is 0.330 e. The molecule has 0 saturated carbocycles. The summed E-state index contributed by atoms with van der Waals surface area (Å²) in [5.41, 5.74) is 1.18. The van der Waals surface area contributed by atoms with E-state index in [1.807, 2.05) is 38.1 Å². The van der Waals surface area contributed by atoms with Gasteiger partial charge in [-0.3, -0.25) is 19.3 Å². The van der Waals surface area contributed by atoms with Crippen LogP contribution < -0.4 is 10.2 Å². The summed E-state index contributed by atoms with van der Waals surface area (Å²) in [7, 11) is 0. The molecule has 146 valence electrons. The van der Waals surface area contributed by atoms with E-state index >= 15 is 0 Å². The van der Waals surface area contributed by atoms with Crippen molar-refractivity contribution in [1.29, 1.82) is 0 Å². The Balaban J connectivity index is 1.80. The first-order chi connectivity index (χ1) is 13.7. The molecule has 1 N–H and O–H groups in total. The van der Waals surface area contributed by atoms with E-state index in [2.05, 4.69) is 27.9 Å². The number of fused-ring (bicyclic) bond motifs is 3. The van der Waals surface area contributed by atoms with Gasteiger partial charge in [0.25, 0.3) is 11.8 Å². The van der Waals surface area contributed by atoms with E-state index < -0.39 is 5.54 Å². The van der Waals surface area contributed by atoms with Crippen molar-refractivity contribution in [3.8, 4) is 0 Å². The second-order valence-corrected chi connectivity index (χ2v) is 9.87. The lowest BCUT2D eigenvalue weighted by Gasteiger charge is -2.33. The minimum absolute atomic E-state index is 0.0744. The molecule has 0 bridgehead atoms. The van der Waals surface area contributed by atoms with Crippen molar-refractivity contribution in [3.05, 3.63) is 74.5 Å². The fourth-order valence-corrected chi connectivity index (χ4v) is 5.20. The van der Waals surface area contributed by atoms with Crippen LogP contribution in [0.15, 0.2) is 59.8 Å². The molecule has 0 fully saturated rings. The summed E-state index contributed by atoms with van der Waals surface area (Å²) in [5.74, 6) is -0.675. The van der Waals surface area contributed by atoms with Gasteiger partial charge in [0.2, 0.25) is 0 Å². The van der Waals surface area contributed by atoms with Gasteiger partial charge in [-0.05, 0) is 64.8 Å². The van der Waals surface area contributed by atoms with E-state index in [0.717, 1.165) is 3.57 Å². The number of amides is 2. The van der Waals surface area contributed by atoms with E-state index in [-0.39, 0.29) is 23.0 Å². The number of carbonyl (C=O) groups is 3. The average molecular weight is 498 g/mol. The summed E-state index contributed by atoms with van der Waals surface area (Å²) < 4.78 is 1.06. The van der Waals surface area contributed by atoms with Gasteiger partial charge in [0.05, 0.1) is 5.57 Å². The summed E-state index contributed by atoms with van der Waals surface area (Å²) >= 11 is 2.22. The first-order valence-corrected chi connectivity index (χ1v) is 10.6. The normalized spacial score (nSPS) is 24.8. The third-order valence-electron chi connectivity index (χ3n) is 5.98. The van der Waals surface area contributed by atoms with Crippen LogP contribution in [0.3, 0.4) is 0 Å². The Morgan fingerprint density at radius 1 is 0.966 bits per heavy atom. The lowest BCUT2D eigenvalue weighted by molar-refractivity contribution is -0.124. The summed E-state index contributed by atoms with van der Waals surface area (Å²) in [4.78, 5) is 41.7. The lowest BCUT2D eigenvalue weighted by Crippen LogP contribution is -2.50. The van der Waals surface area contributed by atoms with E-state index in [1.165, 1.54) is 0 Å². The van der Waals surface area contributed by atoms with Crippen LogP contribution in [0.2, 0.25) is 0 Å². The molecular weight excluding hydrogens is 479 g/mol. The van der Waals surface area contributed by atoms with Crippen molar-refractivity contribution in [2.75, 3.05) is 4.90 Å². The number of hydrogen-bond acceptors (Lipinski definition) is 3. The van der Waals surface area contributed by atoms with Crippen LogP contribution >= 0.6 is 22.6 Å². The highest BCUT2D eigenvalue weighted by atomic mass is 127. The third kappa shape index (κ3) is 2.48. The second kappa shape index (κ2) is 6.01. The minimum Gasteiger partial charge on any atom is -0.330 e. The van der Waals surface area contributed by atoms with Gasteiger partial charge in [0, 0.05) is 32.5 Å². The van der Waals surface area contributed by atoms with Crippen LogP contribution in [0.5, 0.6) is 0 Å². The van der Waals surface area contributed by atoms with Gasteiger partial charge in [-0.25, -0.2) is 0 Å². The SMILES string of the molecule is CC1(C)CC(=O)C2=C(C1)N(c1ccc(I)cc1)C(=O)C21NC(=O)c2ccccc21. The number of halogens is 1. The molecule has 1 unspecified atom stereocenters. The Kier molecular flexibility index (Phi) is 3.84. The van der Waals surface area contributed by atoms with Crippen molar-refractivity contribution in [3.63, 3.8) is 0 Å². The van der Waals surface area contributed by atoms with Gasteiger partial charge in [-0.15, -0.1) is 0 Å². The number of allylic oxidation sites excluding steroid dienone is 1. The Morgan fingerprint density at radius 2 is 1.66 bits per heavy atom. The molecule has 2 aromatic carbocycles. The highest BCUT2D eigenvalue weighted by molar-refractivity contribution is 14.1. The number of anilines is 1. The van der Waals surface area contributed by atoms with Gasteiger partial charge < -0.3 is 5.32 Å². The molecule has 0 aromatic heterocycles. The van der Waals surface area contributed by atoms with Gasteiger partial charge in [0.1, 0.15) is 0 Å². The van der Waals surface area contributed by atoms with Crippen LogP contribution in [0, 0.1) is 8.99 Å². The Hall–Kier alpha value is -2.48. The monoisotopic (exact) mass is 498 g/mol. The van der Waals surface area contributed by atoms with Crippen molar-refractivity contribution < 1.29 is 14.4 Å². The standard InChI is InChI=1S/C23H19IN2O3/c1-22(2)11-17-19(18(27)12-22)23(16-6-4-3-5-15(16)20(28)25-23)21(29)26(17)14-9-7-13(24)8-10-14/h3-10H,11-12H2,1-2H3,(H,25,28). The molecule has 1 aliphatic carbocycles. The maximum atomic E-state index is 14.0. The maximum Gasteiger partial charge on any atom is 0.266 e. The van der Waals surface area contributed by atoms with Gasteiger partial charge >= 0.3 is 0 Å². The summed E-state index contributed by atoms with van der Waals surface area (Å²) in [6, 6.07) is 14.7. The zero-order chi connectivity index (χ0) is 20.6. The van der Waals surface area contributed by atoms with Crippen molar-refractivity contribution in [2.45, 2.75) is 32.2 Å². The molecular formula is C23H19IN2O3. The molecule has 2 heterocycles. The zero-order valence-electron chi connectivity index (χ0n) is 16.1. The van der Waals surface area contributed by atoms with Gasteiger partial charge in [-0.2, -0.15) is 0 Å². The minimum atomic E-state index is -1.43. The van der Waals surface area contributed by atoms with E-state index in [4.69, 9.17) is 0 Å². The molecule has 5 rings (SSSR count). The highest BCUT2D eigenvalue weighted by Gasteiger charge is 2.62. The number of benzene rings is 2. The van der Waals surface area contributed by atoms with Crippen LogP contribution in [0.4, 0.5) is 5.69 Å². The smallest absolute Gasteiger partial charge is 0.266 e. The van der Waals surface area contributed by atoms with E-state index in [1.54, 1.807) is 29.2 Å². The van der Waals surface area contributed by atoms with Crippen LogP contribution in [-0.2, 0) is 15.1 Å². The summed E-state index contributed by atoms with van der Waals surface area (Å²) in [6.45, 7) is 4.08. The Bertz CT molecular complexity index is 1130. The number of carbonyl (C=O) groups excluding carboxylic acids is 3. The maximum absolute atomic E-state index is 14.0. The number of Topliss-reactive ketones (excluding diaryl/α,β-unsaturated/α-hetero) is 1. The first-order valence-electron chi connectivity index (χ1n) is 9.54. The molecule has 5 nitrogen and oxygen atoms in total. The topological polar surface area (TPSA) is 66.5 Å². The van der Waals surface area contributed by atoms with Crippen molar-refractivity contribution in [2.24, 2.45) is 5.41 Å². The number of rotatable bonds is 1. The quantitative estimate of drug-likeness (QED) is 0.607. The fourth-order valence-electron chi connectivity index (χ4n) is 4.84. The number of nitrogens with zero attached hydrogens (tertiary/aromatic N) is 1. The molecule has 6 heteroatoms. The molecule has 2 amide bonds. The molecule has 3 aliphatic rings. The molecule has 29 heavy (non-hydrogen) atoms. The van der Waals surface area contributed by atoms with Crippen molar-refractivity contribution >= 4 is 45.9 Å². The predicted molar refractivity (Wildman–Crippen MR) is 117 cm³/mol. The fraction of sp³-hybridized carbons (Fsp3) is 0.261. The number of ketones is 1. The number of hydrogen-bond donors (Lipinski definition) is 1. The molecule has 0 radical (unpaired) electrons. The highest BCUT2D eigenvalue weighted by Crippen LogP contribution is 2.53.